The smallest absolute Gasteiger partial charge is 0.151 e. The molecule has 0 saturated heterocycles. The fourth-order valence-electron chi connectivity index (χ4n) is 2.10. The monoisotopic (exact) mass is 251 g/mol. The average Bonchev–Trinajstić information content (AvgIpc) is 3.16. The first-order valence-corrected chi connectivity index (χ1v) is 6.30. The van der Waals surface area contributed by atoms with E-state index in [1.54, 1.807) is 18.2 Å². The van der Waals surface area contributed by atoms with Gasteiger partial charge in [0.15, 0.2) is 5.78 Å². The molecule has 0 bridgehead atoms. The van der Waals surface area contributed by atoms with E-state index in [2.05, 4.69) is 0 Å². The first kappa shape index (κ1) is 13.2. The van der Waals surface area contributed by atoms with Gasteiger partial charge >= 0.3 is 0 Å². The zero-order valence-corrected chi connectivity index (χ0v) is 10.3. The van der Waals surface area contributed by atoms with Gasteiger partial charge in [0.05, 0.1) is 13.2 Å². The fourth-order valence-corrected chi connectivity index (χ4v) is 2.10. The Kier molecular flexibility index (Phi) is 4.44. The Labute approximate surface area is 106 Å². The maximum absolute atomic E-state index is 13.4. The summed E-state index contributed by atoms with van der Waals surface area (Å²) in [7, 11) is 0. The van der Waals surface area contributed by atoms with Crippen molar-refractivity contribution >= 4 is 5.78 Å². The molecular formula is C14H18FNO2. The second kappa shape index (κ2) is 6.07. The molecule has 98 valence electrons. The third-order valence-corrected chi connectivity index (χ3v) is 3.18. The number of ketones is 1. The topological polar surface area (TPSA) is 40.5 Å². The Morgan fingerprint density at radius 2 is 2.11 bits per heavy atom. The normalized spacial score (nSPS) is 15.1. The molecule has 0 aliphatic heterocycles. The molecule has 1 aliphatic carbocycles. The molecule has 1 aromatic carbocycles. The lowest BCUT2D eigenvalue weighted by Crippen LogP contribution is -2.35. The van der Waals surface area contributed by atoms with E-state index in [0.29, 0.717) is 24.7 Å². The van der Waals surface area contributed by atoms with Crippen molar-refractivity contribution in [1.29, 1.82) is 0 Å². The van der Waals surface area contributed by atoms with Crippen LogP contribution in [-0.4, -0.2) is 41.5 Å². The summed E-state index contributed by atoms with van der Waals surface area (Å²) in [6.45, 7) is 0.886. The number of rotatable bonds is 7. The van der Waals surface area contributed by atoms with Crippen molar-refractivity contribution in [3.63, 3.8) is 0 Å². The Morgan fingerprint density at radius 3 is 2.72 bits per heavy atom. The minimum absolute atomic E-state index is 0.000417. The molecule has 4 heteroatoms. The van der Waals surface area contributed by atoms with Crippen LogP contribution in [0.5, 0.6) is 0 Å². The maximum atomic E-state index is 13.4. The average molecular weight is 251 g/mol. The van der Waals surface area contributed by atoms with Gasteiger partial charge in [0.25, 0.3) is 0 Å². The number of halogens is 1. The van der Waals surface area contributed by atoms with Crippen molar-refractivity contribution in [2.75, 3.05) is 19.7 Å². The van der Waals surface area contributed by atoms with Crippen LogP contribution in [0.3, 0.4) is 0 Å². The van der Waals surface area contributed by atoms with E-state index in [1.165, 1.54) is 6.07 Å². The highest BCUT2D eigenvalue weighted by Gasteiger charge is 2.29. The van der Waals surface area contributed by atoms with Crippen molar-refractivity contribution in [2.45, 2.75) is 25.3 Å². The standard InChI is InChI=1S/C14H18FNO2/c15-14-4-2-1-3-11(14)9-13(18)10-16(7-8-17)12-5-6-12/h1-4,12,17H,5-10H2. The molecule has 1 aromatic rings. The molecule has 1 fully saturated rings. The van der Waals surface area contributed by atoms with Gasteiger partial charge in [0, 0.05) is 19.0 Å². The zero-order chi connectivity index (χ0) is 13.0. The summed E-state index contributed by atoms with van der Waals surface area (Å²) in [5, 5.41) is 8.95. The summed E-state index contributed by atoms with van der Waals surface area (Å²) in [4.78, 5) is 13.9. The van der Waals surface area contributed by atoms with Crippen LogP contribution >= 0.6 is 0 Å². The number of aliphatic hydroxyl groups is 1. The fraction of sp³-hybridized carbons (Fsp3) is 0.500. The van der Waals surface area contributed by atoms with Gasteiger partial charge in [-0.15, -0.1) is 0 Å². The molecule has 0 amide bonds. The lowest BCUT2D eigenvalue weighted by Gasteiger charge is -2.19. The van der Waals surface area contributed by atoms with Gasteiger partial charge in [-0.3, -0.25) is 9.69 Å². The van der Waals surface area contributed by atoms with E-state index in [1.807, 2.05) is 4.90 Å². The predicted octanol–water partition coefficient (Wildman–Crippen LogP) is 1.39. The molecule has 1 saturated carbocycles. The Hall–Kier alpha value is -1.26. The van der Waals surface area contributed by atoms with Crippen molar-refractivity contribution in [3.05, 3.63) is 35.6 Å². The van der Waals surface area contributed by atoms with Crippen LogP contribution in [0, 0.1) is 5.82 Å². The Balaban J connectivity index is 1.89. The summed E-state index contributed by atoms with van der Waals surface area (Å²) in [6, 6.07) is 6.79. The predicted molar refractivity (Wildman–Crippen MR) is 66.8 cm³/mol. The number of hydrogen-bond donors (Lipinski definition) is 1. The molecule has 0 unspecified atom stereocenters. The molecule has 0 heterocycles. The lowest BCUT2D eigenvalue weighted by molar-refractivity contribution is -0.119. The largest absolute Gasteiger partial charge is 0.395 e. The first-order valence-electron chi connectivity index (χ1n) is 6.30. The highest BCUT2D eigenvalue weighted by molar-refractivity contribution is 5.82. The van der Waals surface area contributed by atoms with Crippen molar-refractivity contribution in [2.24, 2.45) is 0 Å². The van der Waals surface area contributed by atoms with Gasteiger partial charge in [-0.25, -0.2) is 4.39 Å². The van der Waals surface area contributed by atoms with Crippen LogP contribution in [0.25, 0.3) is 0 Å². The van der Waals surface area contributed by atoms with E-state index < -0.39 is 0 Å². The number of hydrogen-bond acceptors (Lipinski definition) is 3. The van der Waals surface area contributed by atoms with Gasteiger partial charge in [-0.2, -0.15) is 0 Å². The molecule has 0 spiro atoms. The van der Waals surface area contributed by atoms with Crippen LogP contribution in [0.15, 0.2) is 24.3 Å². The number of carbonyl (C=O) groups is 1. The van der Waals surface area contributed by atoms with E-state index in [-0.39, 0.29) is 24.6 Å². The van der Waals surface area contributed by atoms with E-state index in [4.69, 9.17) is 5.11 Å². The van der Waals surface area contributed by atoms with Crippen molar-refractivity contribution < 1.29 is 14.3 Å². The summed E-state index contributed by atoms with van der Waals surface area (Å²) in [5.74, 6) is -0.327. The second-order valence-corrected chi connectivity index (χ2v) is 4.73. The summed E-state index contributed by atoms with van der Waals surface area (Å²) in [6.07, 6.45) is 2.31. The SMILES string of the molecule is O=C(Cc1ccccc1F)CN(CCO)C1CC1. The van der Waals surface area contributed by atoms with Gasteiger partial charge in [0.2, 0.25) is 0 Å². The van der Waals surface area contributed by atoms with Gasteiger partial charge in [-0.1, -0.05) is 18.2 Å². The molecule has 3 nitrogen and oxygen atoms in total. The van der Waals surface area contributed by atoms with Crippen LogP contribution < -0.4 is 0 Å². The van der Waals surface area contributed by atoms with Crippen molar-refractivity contribution in [3.8, 4) is 0 Å². The molecular weight excluding hydrogens is 233 g/mol. The number of carbonyl (C=O) groups excluding carboxylic acids is 1. The maximum Gasteiger partial charge on any atom is 0.151 e. The van der Waals surface area contributed by atoms with Crippen LogP contribution in [-0.2, 0) is 11.2 Å². The molecule has 1 aliphatic rings. The molecule has 0 atom stereocenters. The molecule has 0 radical (unpaired) electrons. The van der Waals surface area contributed by atoms with Gasteiger partial charge in [0.1, 0.15) is 5.82 Å². The zero-order valence-electron chi connectivity index (χ0n) is 10.3. The van der Waals surface area contributed by atoms with Crippen LogP contribution in [0.4, 0.5) is 4.39 Å². The third-order valence-electron chi connectivity index (χ3n) is 3.18. The third kappa shape index (κ3) is 3.62. The van der Waals surface area contributed by atoms with E-state index in [9.17, 15) is 9.18 Å². The van der Waals surface area contributed by atoms with Crippen LogP contribution in [0.2, 0.25) is 0 Å². The number of benzene rings is 1. The van der Waals surface area contributed by atoms with Gasteiger partial charge in [-0.05, 0) is 24.5 Å². The minimum atomic E-state index is -0.328. The first-order chi connectivity index (χ1) is 8.70. The number of nitrogens with zero attached hydrogens (tertiary/aromatic N) is 1. The van der Waals surface area contributed by atoms with Gasteiger partial charge < -0.3 is 5.11 Å². The van der Waals surface area contributed by atoms with Crippen molar-refractivity contribution in [1.82, 2.24) is 4.90 Å². The van der Waals surface area contributed by atoms with E-state index in [0.717, 1.165) is 12.8 Å². The molecule has 2 rings (SSSR count). The number of Topliss-reactive ketones (excluding diaryl/α,β-unsaturated/α-hetero) is 1. The lowest BCUT2D eigenvalue weighted by atomic mass is 10.1. The van der Waals surface area contributed by atoms with E-state index >= 15 is 0 Å². The minimum Gasteiger partial charge on any atom is -0.395 e. The second-order valence-electron chi connectivity index (χ2n) is 4.73. The summed E-state index contributed by atoms with van der Waals surface area (Å²) < 4.78 is 13.4. The molecule has 18 heavy (non-hydrogen) atoms. The highest BCUT2D eigenvalue weighted by Crippen LogP contribution is 2.26. The molecule has 1 N–H and O–H groups in total. The summed E-state index contributed by atoms with van der Waals surface area (Å²) in [5.41, 5.74) is 0.447. The Morgan fingerprint density at radius 1 is 1.39 bits per heavy atom. The number of aliphatic hydroxyl groups excluding tert-OH is 1. The quantitative estimate of drug-likeness (QED) is 0.796. The molecule has 0 aromatic heterocycles. The van der Waals surface area contributed by atoms with Crippen LogP contribution in [0.1, 0.15) is 18.4 Å². The summed E-state index contributed by atoms with van der Waals surface area (Å²) >= 11 is 0. The highest BCUT2D eigenvalue weighted by atomic mass is 19.1. The Bertz CT molecular complexity index is 418.